The normalized spacial score (nSPS) is 28.9. The SMILES string of the molecule is CC1=C([C@H](O)c2ccccc2)CCC[C@@]12OCCS2. The Morgan fingerprint density at radius 3 is 2.79 bits per heavy atom. The number of ether oxygens (including phenoxy) is 1. The maximum Gasteiger partial charge on any atom is 0.135 e. The number of aliphatic hydroxyl groups is 1. The molecule has 1 fully saturated rings. The number of benzene rings is 1. The third-order valence-electron chi connectivity index (χ3n) is 4.20. The molecule has 1 saturated heterocycles. The van der Waals surface area contributed by atoms with Crippen LogP contribution in [0.1, 0.15) is 37.9 Å². The van der Waals surface area contributed by atoms with Crippen LogP contribution in [0.3, 0.4) is 0 Å². The van der Waals surface area contributed by atoms with Crippen molar-refractivity contribution in [1.29, 1.82) is 0 Å². The Morgan fingerprint density at radius 1 is 1.32 bits per heavy atom. The zero-order chi connectivity index (χ0) is 13.3. The van der Waals surface area contributed by atoms with E-state index < -0.39 is 6.10 Å². The van der Waals surface area contributed by atoms with Crippen molar-refractivity contribution in [2.24, 2.45) is 0 Å². The summed E-state index contributed by atoms with van der Waals surface area (Å²) < 4.78 is 6.00. The number of thioether (sulfide) groups is 1. The molecule has 102 valence electrons. The van der Waals surface area contributed by atoms with Crippen molar-refractivity contribution in [2.45, 2.75) is 37.2 Å². The molecule has 0 amide bonds. The first-order valence-electron chi connectivity index (χ1n) is 6.94. The number of rotatable bonds is 2. The number of aliphatic hydroxyl groups excluding tert-OH is 1. The molecule has 1 spiro atoms. The van der Waals surface area contributed by atoms with Crippen LogP contribution in [0, 0.1) is 0 Å². The van der Waals surface area contributed by atoms with Gasteiger partial charge in [-0.05, 0) is 42.9 Å². The molecule has 1 aliphatic carbocycles. The van der Waals surface area contributed by atoms with Crippen LogP contribution in [0.2, 0.25) is 0 Å². The third-order valence-corrected chi connectivity index (χ3v) is 5.67. The minimum Gasteiger partial charge on any atom is -0.384 e. The van der Waals surface area contributed by atoms with Gasteiger partial charge in [0.15, 0.2) is 0 Å². The molecule has 1 N–H and O–H groups in total. The van der Waals surface area contributed by atoms with Crippen molar-refractivity contribution in [1.82, 2.24) is 0 Å². The minimum atomic E-state index is -0.483. The average molecular weight is 276 g/mol. The van der Waals surface area contributed by atoms with Crippen molar-refractivity contribution in [3.63, 3.8) is 0 Å². The van der Waals surface area contributed by atoms with E-state index in [0.717, 1.165) is 42.8 Å². The predicted octanol–water partition coefficient (Wildman–Crippen LogP) is 3.68. The Labute approximate surface area is 118 Å². The largest absolute Gasteiger partial charge is 0.384 e. The molecule has 0 radical (unpaired) electrons. The van der Waals surface area contributed by atoms with Crippen LogP contribution in [0.25, 0.3) is 0 Å². The summed E-state index contributed by atoms with van der Waals surface area (Å²) in [6.07, 6.45) is 2.68. The van der Waals surface area contributed by atoms with Crippen molar-refractivity contribution >= 4 is 11.8 Å². The van der Waals surface area contributed by atoms with Gasteiger partial charge in [0.05, 0.1) is 6.61 Å². The van der Waals surface area contributed by atoms with Gasteiger partial charge < -0.3 is 9.84 Å². The molecular weight excluding hydrogens is 256 g/mol. The topological polar surface area (TPSA) is 29.5 Å². The van der Waals surface area contributed by atoms with Crippen molar-refractivity contribution in [3.05, 3.63) is 47.0 Å². The van der Waals surface area contributed by atoms with E-state index in [9.17, 15) is 5.11 Å². The van der Waals surface area contributed by atoms with Gasteiger partial charge in [0, 0.05) is 5.75 Å². The Morgan fingerprint density at radius 2 is 2.11 bits per heavy atom. The van der Waals surface area contributed by atoms with Crippen LogP contribution >= 0.6 is 11.8 Å². The van der Waals surface area contributed by atoms with E-state index in [4.69, 9.17) is 4.74 Å². The van der Waals surface area contributed by atoms with Crippen LogP contribution in [0.4, 0.5) is 0 Å². The lowest BCUT2D eigenvalue weighted by Crippen LogP contribution is -2.31. The van der Waals surface area contributed by atoms with Gasteiger partial charge in [-0.2, -0.15) is 0 Å². The predicted molar refractivity (Wildman–Crippen MR) is 79.1 cm³/mol. The molecule has 0 bridgehead atoms. The highest BCUT2D eigenvalue weighted by Gasteiger charge is 2.42. The van der Waals surface area contributed by atoms with Gasteiger partial charge in [0.25, 0.3) is 0 Å². The second kappa shape index (κ2) is 5.31. The monoisotopic (exact) mass is 276 g/mol. The highest BCUT2D eigenvalue weighted by atomic mass is 32.2. The Kier molecular flexibility index (Phi) is 3.70. The summed E-state index contributed by atoms with van der Waals surface area (Å²) >= 11 is 1.90. The molecule has 1 heterocycles. The van der Waals surface area contributed by atoms with E-state index in [0.29, 0.717) is 0 Å². The number of hydrogen-bond acceptors (Lipinski definition) is 3. The maximum absolute atomic E-state index is 10.6. The summed E-state index contributed by atoms with van der Waals surface area (Å²) in [4.78, 5) is -0.149. The molecule has 2 nitrogen and oxygen atoms in total. The second-order valence-electron chi connectivity index (χ2n) is 5.27. The standard InChI is InChI=1S/C16H20O2S/c1-12-14(15(17)13-6-3-2-4-7-13)8-5-9-16(12)18-10-11-19-16/h2-4,6-7,15,17H,5,8-11H2,1H3/t15-,16+/m1/s1. The lowest BCUT2D eigenvalue weighted by molar-refractivity contribution is 0.0614. The molecule has 0 aromatic heterocycles. The molecule has 2 aliphatic rings. The zero-order valence-corrected chi connectivity index (χ0v) is 12.1. The van der Waals surface area contributed by atoms with Crippen LogP contribution in [0.15, 0.2) is 41.5 Å². The summed E-state index contributed by atoms with van der Waals surface area (Å²) in [7, 11) is 0. The van der Waals surface area contributed by atoms with Crippen LogP contribution in [0.5, 0.6) is 0 Å². The van der Waals surface area contributed by atoms with E-state index in [1.54, 1.807) is 0 Å². The maximum atomic E-state index is 10.6. The lowest BCUT2D eigenvalue weighted by atomic mass is 9.84. The fourth-order valence-corrected chi connectivity index (χ4v) is 4.42. The second-order valence-corrected chi connectivity index (χ2v) is 6.62. The van der Waals surface area contributed by atoms with Crippen molar-refractivity contribution < 1.29 is 9.84 Å². The van der Waals surface area contributed by atoms with Gasteiger partial charge >= 0.3 is 0 Å². The van der Waals surface area contributed by atoms with Crippen molar-refractivity contribution in [2.75, 3.05) is 12.4 Å². The third kappa shape index (κ3) is 2.35. The van der Waals surface area contributed by atoms with Gasteiger partial charge in [0.2, 0.25) is 0 Å². The summed E-state index contributed by atoms with van der Waals surface area (Å²) in [6, 6.07) is 9.93. The zero-order valence-electron chi connectivity index (χ0n) is 11.3. The molecule has 0 unspecified atom stereocenters. The van der Waals surface area contributed by atoms with E-state index >= 15 is 0 Å². The quantitative estimate of drug-likeness (QED) is 0.836. The summed E-state index contributed by atoms with van der Waals surface area (Å²) in [5.74, 6) is 1.06. The van der Waals surface area contributed by atoms with Gasteiger partial charge in [-0.15, -0.1) is 11.8 Å². The van der Waals surface area contributed by atoms with E-state index in [1.807, 2.05) is 42.1 Å². The first-order valence-corrected chi connectivity index (χ1v) is 7.92. The molecule has 1 aromatic carbocycles. The Hall–Kier alpha value is -0.770. The van der Waals surface area contributed by atoms with Gasteiger partial charge in [0.1, 0.15) is 11.0 Å². The number of hydrogen-bond donors (Lipinski definition) is 1. The summed E-state index contributed by atoms with van der Waals surface area (Å²) in [6.45, 7) is 2.97. The molecule has 19 heavy (non-hydrogen) atoms. The average Bonchev–Trinajstić information content (AvgIpc) is 2.92. The van der Waals surface area contributed by atoms with Gasteiger partial charge in [-0.1, -0.05) is 30.3 Å². The summed E-state index contributed by atoms with van der Waals surface area (Å²) in [5.41, 5.74) is 3.39. The Bertz CT molecular complexity index is 475. The van der Waals surface area contributed by atoms with Crippen LogP contribution in [-0.4, -0.2) is 22.4 Å². The lowest BCUT2D eigenvalue weighted by Gasteiger charge is -2.36. The molecule has 2 atom stereocenters. The molecule has 0 saturated carbocycles. The highest BCUT2D eigenvalue weighted by molar-refractivity contribution is 8.00. The smallest absolute Gasteiger partial charge is 0.135 e. The van der Waals surface area contributed by atoms with E-state index in [1.165, 1.54) is 5.57 Å². The van der Waals surface area contributed by atoms with Crippen LogP contribution < -0.4 is 0 Å². The molecule has 1 aliphatic heterocycles. The fourth-order valence-electron chi connectivity index (χ4n) is 3.13. The molecule has 3 heteroatoms. The minimum absolute atomic E-state index is 0.149. The molecule has 3 rings (SSSR count). The first kappa shape index (κ1) is 13.2. The van der Waals surface area contributed by atoms with E-state index in [-0.39, 0.29) is 4.93 Å². The van der Waals surface area contributed by atoms with Crippen molar-refractivity contribution in [3.8, 4) is 0 Å². The molecule has 1 aromatic rings. The van der Waals surface area contributed by atoms with Crippen LogP contribution in [-0.2, 0) is 4.74 Å². The fraction of sp³-hybridized carbons (Fsp3) is 0.500. The van der Waals surface area contributed by atoms with Gasteiger partial charge in [-0.25, -0.2) is 0 Å². The summed E-state index contributed by atoms with van der Waals surface area (Å²) in [5, 5.41) is 10.6. The van der Waals surface area contributed by atoms with Gasteiger partial charge in [-0.3, -0.25) is 0 Å². The Balaban J connectivity index is 1.94. The molecular formula is C16H20O2S. The highest BCUT2D eigenvalue weighted by Crippen LogP contribution is 2.49. The van der Waals surface area contributed by atoms with E-state index in [2.05, 4.69) is 6.92 Å². The first-order chi connectivity index (χ1) is 9.23.